The Morgan fingerprint density at radius 2 is 2.04 bits per heavy atom. The molecule has 0 fully saturated rings. The first-order valence-electron chi connectivity index (χ1n) is 7.29. The molecule has 0 radical (unpaired) electrons. The molecule has 0 aliphatic carbocycles. The third kappa shape index (κ3) is 3.68. The molecule has 3 aromatic rings. The molecule has 0 bridgehead atoms. The van der Waals surface area contributed by atoms with Gasteiger partial charge in [-0.3, -0.25) is 5.10 Å². The third-order valence-electron chi connectivity index (χ3n) is 3.19. The van der Waals surface area contributed by atoms with E-state index in [0.29, 0.717) is 24.2 Å². The van der Waals surface area contributed by atoms with Crippen LogP contribution < -0.4 is 9.47 Å². The van der Waals surface area contributed by atoms with Gasteiger partial charge in [0.1, 0.15) is 23.8 Å². The lowest BCUT2D eigenvalue weighted by atomic mass is 10.2. The molecule has 0 aliphatic heterocycles. The van der Waals surface area contributed by atoms with Gasteiger partial charge in [0, 0.05) is 17.4 Å². The quantitative estimate of drug-likeness (QED) is 0.747. The Morgan fingerprint density at radius 3 is 2.78 bits per heavy atom. The number of thiazole rings is 1. The normalized spacial score (nSPS) is 11.0. The van der Waals surface area contributed by atoms with Crippen molar-refractivity contribution in [2.24, 2.45) is 0 Å². The van der Waals surface area contributed by atoms with Crippen molar-refractivity contribution in [2.75, 3.05) is 7.11 Å². The molecule has 3 rings (SSSR count). The standard InChI is InChI=1S/C16H18N4O2S/c1-10(2)16-17-13(9-23-16)15-18-14(19-20-15)8-22-12-6-4-5-11(7-12)21-3/h4-7,9-10H,8H2,1-3H3,(H,18,19,20). The number of aromatic amines is 1. The van der Waals surface area contributed by atoms with Crippen LogP contribution in [0.5, 0.6) is 11.5 Å². The zero-order chi connectivity index (χ0) is 16.2. The predicted octanol–water partition coefficient (Wildman–Crippen LogP) is 3.64. The first-order valence-corrected chi connectivity index (χ1v) is 8.17. The summed E-state index contributed by atoms with van der Waals surface area (Å²) < 4.78 is 10.9. The van der Waals surface area contributed by atoms with E-state index >= 15 is 0 Å². The molecule has 1 N–H and O–H groups in total. The Labute approximate surface area is 138 Å². The second-order valence-corrected chi connectivity index (χ2v) is 6.19. The first kappa shape index (κ1) is 15.5. The van der Waals surface area contributed by atoms with Crippen LogP contribution in [0.15, 0.2) is 29.6 Å². The molecular weight excluding hydrogens is 312 g/mol. The van der Waals surface area contributed by atoms with E-state index in [1.54, 1.807) is 18.4 Å². The second kappa shape index (κ2) is 6.78. The minimum Gasteiger partial charge on any atom is -0.497 e. The van der Waals surface area contributed by atoms with Crippen molar-refractivity contribution in [1.82, 2.24) is 20.2 Å². The van der Waals surface area contributed by atoms with Crippen LogP contribution in [0.25, 0.3) is 11.5 Å². The number of hydrogen-bond acceptors (Lipinski definition) is 6. The van der Waals surface area contributed by atoms with Gasteiger partial charge in [0.15, 0.2) is 5.82 Å². The van der Waals surface area contributed by atoms with Crippen molar-refractivity contribution in [2.45, 2.75) is 26.4 Å². The van der Waals surface area contributed by atoms with Gasteiger partial charge in [-0.15, -0.1) is 11.3 Å². The van der Waals surface area contributed by atoms with E-state index in [0.717, 1.165) is 22.2 Å². The second-order valence-electron chi connectivity index (χ2n) is 5.30. The summed E-state index contributed by atoms with van der Waals surface area (Å²) in [5, 5.41) is 10.2. The van der Waals surface area contributed by atoms with E-state index in [1.165, 1.54) is 0 Å². The lowest BCUT2D eigenvalue weighted by Crippen LogP contribution is -1.98. The van der Waals surface area contributed by atoms with Gasteiger partial charge in [0.05, 0.1) is 12.1 Å². The van der Waals surface area contributed by atoms with Gasteiger partial charge >= 0.3 is 0 Å². The number of ether oxygens (including phenoxy) is 2. The van der Waals surface area contributed by atoms with Crippen molar-refractivity contribution in [3.05, 3.63) is 40.5 Å². The van der Waals surface area contributed by atoms with Crippen LogP contribution in [0.3, 0.4) is 0 Å². The zero-order valence-electron chi connectivity index (χ0n) is 13.2. The molecule has 7 heteroatoms. The fourth-order valence-corrected chi connectivity index (χ4v) is 2.79. The maximum Gasteiger partial charge on any atom is 0.200 e. The van der Waals surface area contributed by atoms with Crippen LogP contribution in [-0.2, 0) is 6.61 Å². The van der Waals surface area contributed by atoms with Crippen molar-refractivity contribution < 1.29 is 9.47 Å². The molecule has 0 atom stereocenters. The number of nitrogens with zero attached hydrogens (tertiary/aromatic N) is 3. The number of rotatable bonds is 6. The van der Waals surface area contributed by atoms with Crippen LogP contribution in [0, 0.1) is 0 Å². The predicted molar refractivity (Wildman–Crippen MR) is 88.9 cm³/mol. The Balaban J connectivity index is 1.66. The molecule has 0 amide bonds. The number of hydrogen-bond donors (Lipinski definition) is 1. The van der Waals surface area contributed by atoms with Gasteiger partial charge in [-0.05, 0) is 12.1 Å². The molecular formula is C16H18N4O2S. The molecule has 6 nitrogen and oxygen atoms in total. The zero-order valence-corrected chi connectivity index (χ0v) is 14.1. The van der Waals surface area contributed by atoms with E-state index in [1.807, 2.05) is 29.6 Å². The van der Waals surface area contributed by atoms with E-state index in [4.69, 9.17) is 9.47 Å². The highest BCUT2D eigenvalue weighted by atomic mass is 32.1. The molecule has 0 unspecified atom stereocenters. The average Bonchev–Trinajstić information content (AvgIpc) is 3.22. The molecule has 2 heterocycles. The van der Waals surface area contributed by atoms with Gasteiger partial charge in [0.2, 0.25) is 5.82 Å². The molecule has 120 valence electrons. The first-order chi connectivity index (χ1) is 11.2. The highest BCUT2D eigenvalue weighted by Crippen LogP contribution is 2.24. The summed E-state index contributed by atoms with van der Waals surface area (Å²) in [6, 6.07) is 7.44. The molecule has 0 spiro atoms. The number of H-pyrrole nitrogens is 1. The van der Waals surface area contributed by atoms with Gasteiger partial charge in [0.25, 0.3) is 0 Å². The molecule has 2 aromatic heterocycles. The van der Waals surface area contributed by atoms with Crippen molar-refractivity contribution in [1.29, 1.82) is 0 Å². The van der Waals surface area contributed by atoms with Crippen LogP contribution in [0.4, 0.5) is 0 Å². The number of methoxy groups -OCH3 is 1. The largest absolute Gasteiger partial charge is 0.497 e. The molecule has 0 saturated heterocycles. The highest BCUT2D eigenvalue weighted by molar-refractivity contribution is 7.10. The van der Waals surface area contributed by atoms with E-state index < -0.39 is 0 Å². The smallest absolute Gasteiger partial charge is 0.200 e. The fourth-order valence-electron chi connectivity index (χ4n) is 1.97. The summed E-state index contributed by atoms with van der Waals surface area (Å²) in [7, 11) is 1.63. The lowest BCUT2D eigenvalue weighted by Gasteiger charge is -2.05. The molecule has 0 saturated carbocycles. The Kier molecular flexibility index (Phi) is 4.57. The lowest BCUT2D eigenvalue weighted by molar-refractivity contribution is 0.294. The van der Waals surface area contributed by atoms with Gasteiger partial charge < -0.3 is 9.47 Å². The van der Waals surface area contributed by atoms with Crippen LogP contribution in [-0.4, -0.2) is 27.3 Å². The highest BCUT2D eigenvalue weighted by Gasteiger charge is 2.12. The van der Waals surface area contributed by atoms with Gasteiger partial charge in [-0.1, -0.05) is 19.9 Å². The number of aromatic nitrogens is 4. The van der Waals surface area contributed by atoms with E-state index in [9.17, 15) is 0 Å². The third-order valence-corrected chi connectivity index (χ3v) is 4.34. The summed E-state index contributed by atoms with van der Waals surface area (Å²) in [5.41, 5.74) is 0.794. The minimum atomic E-state index is 0.307. The van der Waals surface area contributed by atoms with Crippen molar-refractivity contribution in [3.63, 3.8) is 0 Å². The summed E-state index contributed by atoms with van der Waals surface area (Å²) in [5.74, 6) is 3.13. The van der Waals surface area contributed by atoms with Crippen LogP contribution >= 0.6 is 11.3 Å². The minimum absolute atomic E-state index is 0.307. The summed E-state index contributed by atoms with van der Waals surface area (Å²) in [6.07, 6.45) is 0. The van der Waals surface area contributed by atoms with Crippen LogP contribution in [0.1, 0.15) is 30.6 Å². The maximum atomic E-state index is 5.70. The maximum absolute atomic E-state index is 5.70. The molecule has 0 aliphatic rings. The van der Waals surface area contributed by atoms with Crippen molar-refractivity contribution in [3.8, 4) is 23.0 Å². The molecule has 23 heavy (non-hydrogen) atoms. The van der Waals surface area contributed by atoms with Gasteiger partial charge in [-0.2, -0.15) is 5.10 Å². The Bertz CT molecular complexity index is 782. The van der Waals surface area contributed by atoms with Crippen LogP contribution in [0.2, 0.25) is 0 Å². The average molecular weight is 330 g/mol. The number of benzene rings is 1. The van der Waals surface area contributed by atoms with Crippen molar-refractivity contribution >= 4 is 11.3 Å². The summed E-state index contributed by atoms with van der Waals surface area (Å²) >= 11 is 1.63. The Hall–Kier alpha value is -2.41. The summed E-state index contributed by atoms with van der Waals surface area (Å²) in [6.45, 7) is 4.54. The van der Waals surface area contributed by atoms with E-state index in [2.05, 4.69) is 34.0 Å². The Morgan fingerprint density at radius 1 is 1.22 bits per heavy atom. The molecule has 1 aromatic carbocycles. The topological polar surface area (TPSA) is 72.9 Å². The SMILES string of the molecule is COc1cccc(OCc2nc(-c3csc(C(C)C)n3)n[nH]2)c1. The number of nitrogens with one attached hydrogen (secondary N) is 1. The van der Waals surface area contributed by atoms with Gasteiger partial charge in [-0.25, -0.2) is 9.97 Å². The monoisotopic (exact) mass is 330 g/mol. The fraction of sp³-hybridized carbons (Fsp3) is 0.312. The van der Waals surface area contributed by atoms with E-state index in [-0.39, 0.29) is 0 Å². The summed E-state index contributed by atoms with van der Waals surface area (Å²) in [4.78, 5) is 8.98.